The fourth-order valence-corrected chi connectivity index (χ4v) is 4.75. The molecule has 1 atom stereocenters. The van der Waals surface area contributed by atoms with Crippen molar-refractivity contribution in [2.45, 2.75) is 18.9 Å². The molecular formula is C27H23N3O2S. The van der Waals surface area contributed by atoms with Gasteiger partial charge in [-0.2, -0.15) is 5.26 Å². The van der Waals surface area contributed by atoms with Crippen LogP contribution < -0.4 is 10.6 Å². The van der Waals surface area contributed by atoms with Crippen molar-refractivity contribution in [1.29, 1.82) is 5.26 Å². The lowest BCUT2D eigenvalue weighted by Crippen LogP contribution is -2.48. The number of rotatable bonds is 8. The van der Waals surface area contributed by atoms with E-state index in [1.54, 1.807) is 17.4 Å². The summed E-state index contributed by atoms with van der Waals surface area (Å²) in [5, 5.41) is 17.6. The topological polar surface area (TPSA) is 82.0 Å². The molecule has 0 aliphatic carbocycles. The Bertz CT molecular complexity index is 1310. The van der Waals surface area contributed by atoms with E-state index in [0.29, 0.717) is 12.0 Å². The Kier molecular flexibility index (Phi) is 7.13. The Morgan fingerprint density at radius 3 is 2.48 bits per heavy atom. The van der Waals surface area contributed by atoms with Crippen molar-refractivity contribution in [2.75, 3.05) is 6.54 Å². The number of thiophene rings is 1. The third kappa shape index (κ3) is 5.28. The van der Waals surface area contributed by atoms with Crippen LogP contribution in [0.5, 0.6) is 0 Å². The van der Waals surface area contributed by atoms with E-state index in [4.69, 9.17) is 5.26 Å². The molecule has 0 saturated carbocycles. The predicted octanol–water partition coefficient (Wildman–Crippen LogP) is 4.94. The van der Waals surface area contributed by atoms with Crippen LogP contribution in [0.25, 0.3) is 21.2 Å². The second-order valence-electron chi connectivity index (χ2n) is 7.60. The van der Waals surface area contributed by atoms with Crippen molar-refractivity contribution in [1.82, 2.24) is 10.6 Å². The van der Waals surface area contributed by atoms with Crippen molar-refractivity contribution in [3.8, 4) is 17.2 Å². The average Bonchev–Trinajstić information content (AvgIpc) is 3.27. The number of carbonyl (C=O) groups is 2. The van der Waals surface area contributed by atoms with E-state index >= 15 is 0 Å². The highest BCUT2D eigenvalue weighted by atomic mass is 32.1. The smallest absolute Gasteiger partial charge is 0.252 e. The lowest BCUT2D eigenvalue weighted by molar-refractivity contribution is -0.122. The average molecular weight is 454 g/mol. The molecule has 1 heterocycles. The summed E-state index contributed by atoms with van der Waals surface area (Å²) in [6, 6.07) is 26.3. The Morgan fingerprint density at radius 2 is 1.67 bits per heavy atom. The number of hydrogen-bond acceptors (Lipinski definition) is 4. The van der Waals surface area contributed by atoms with Crippen LogP contribution in [-0.2, 0) is 11.2 Å². The Labute approximate surface area is 196 Å². The number of carbonyl (C=O) groups excluding carboxylic acids is 2. The van der Waals surface area contributed by atoms with Crippen molar-refractivity contribution < 1.29 is 9.59 Å². The van der Waals surface area contributed by atoms with Crippen LogP contribution in [0.15, 0.2) is 84.2 Å². The molecule has 33 heavy (non-hydrogen) atoms. The van der Waals surface area contributed by atoms with E-state index in [-0.39, 0.29) is 24.8 Å². The van der Waals surface area contributed by atoms with E-state index in [0.717, 1.165) is 26.8 Å². The zero-order valence-electron chi connectivity index (χ0n) is 18.0. The van der Waals surface area contributed by atoms with Gasteiger partial charge < -0.3 is 10.6 Å². The quantitative estimate of drug-likeness (QED) is 0.371. The van der Waals surface area contributed by atoms with Gasteiger partial charge in [-0.3, -0.25) is 9.59 Å². The molecule has 0 aliphatic heterocycles. The Hall–Kier alpha value is -3.95. The van der Waals surface area contributed by atoms with Gasteiger partial charge in [0.1, 0.15) is 6.04 Å². The third-order valence-corrected chi connectivity index (χ3v) is 6.41. The Balaban J connectivity index is 1.61. The minimum Gasteiger partial charge on any atom is -0.353 e. The van der Waals surface area contributed by atoms with Crippen molar-refractivity contribution in [3.05, 3.63) is 95.4 Å². The number of hydrogen-bond donors (Lipinski definition) is 2. The maximum Gasteiger partial charge on any atom is 0.252 e. The molecule has 1 unspecified atom stereocenters. The molecule has 0 radical (unpaired) electrons. The van der Waals surface area contributed by atoms with Gasteiger partial charge in [-0.05, 0) is 39.6 Å². The SMILES string of the molecule is N#CCCNC(=O)C(Cc1csc2ccccc12)NC(=O)c1ccccc1-c1ccccc1. The number of nitriles is 1. The van der Waals surface area contributed by atoms with Crippen LogP contribution >= 0.6 is 11.3 Å². The number of nitrogens with zero attached hydrogens (tertiary/aromatic N) is 1. The van der Waals surface area contributed by atoms with Crippen LogP contribution in [0.1, 0.15) is 22.3 Å². The molecule has 0 bridgehead atoms. The summed E-state index contributed by atoms with van der Waals surface area (Å²) < 4.78 is 1.14. The summed E-state index contributed by atoms with van der Waals surface area (Å²) in [5.41, 5.74) is 3.25. The standard InChI is InChI=1S/C27H23N3O2S/c28-15-8-16-29-27(32)24(17-20-18-33-25-14-7-6-12-22(20)25)30-26(31)23-13-5-4-11-21(23)19-9-2-1-3-10-19/h1-7,9-14,18,24H,8,16-17H2,(H,29,32)(H,30,31). The largest absolute Gasteiger partial charge is 0.353 e. The molecule has 5 nitrogen and oxygen atoms in total. The molecule has 1 aromatic heterocycles. The normalized spacial score (nSPS) is 11.5. The summed E-state index contributed by atoms with van der Waals surface area (Å²) in [5.74, 6) is -0.611. The number of benzene rings is 3. The van der Waals surface area contributed by atoms with Gasteiger partial charge in [-0.1, -0.05) is 66.7 Å². The fourth-order valence-electron chi connectivity index (χ4n) is 3.77. The molecule has 0 aliphatic rings. The Morgan fingerprint density at radius 1 is 0.939 bits per heavy atom. The molecule has 0 saturated heterocycles. The van der Waals surface area contributed by atoms with E-state index in [1.165, 1.54) is 0 Å². The van der Waals surface area contributed by atoms with E-state index in [9.17, 15) is 9.59 Å². The van der Waals surface area contributed by atoms with Crippen molar-refractivity contribution >= 4 is 33.2 Å². The summed E-state index contributed by atoms with van der Waals surface area (Å²) in [4.78, 5) is 26.3. The van der Waals surface area contributed by atoms with E-state index in [2.05, 4.69) is 10.6 Å². The van der Waals surface area contributed by atoms with Crippen LogP contribution in [-0.4, -0.2) is 24.4 Å². The van der Waals surface area contributed by atoms with Gasteiger partial charge in [0.2, 0.25) is 5.91 Å². The first-order valence-corrected chi connectivity index (χ1v) is 11.6. The van der Waals surface area contributed by atoms with Crippen LogP contribution in [0.4, 0.5) is 0 Å². The summed E-state index contributed by atoms with van der Waals surface area (Å²) in [6.45, 7) is 0.243. The minimum atomic E-state index is -0.766. The first-order valence-electron chi connectivity index (χ1n) is 10.7. The van der Waals surface area contributed by atoms with Crippen LogP contribution in [0, 0.1) is 11.3 Å². The van der Waals surface area contributed by atoms with Crippen LogP contribution in [0.2, 0.25) is 0 Å². The third-order valence-electron chi connectivity index (χ3n) is 5.40. The van der Waals surface area contributed by atoms with Gasteiger partial charge >= 0.3 is 0 Å². The van der Waals surface area contributed by atoms with E-state index in [1.807, 2.05) is 84.2 Å². The lowest BCUT2D eigenvalue weighted by Gasteiger charge is -2.19. The molecule has 4 rings (SSSR count). The zero-order chi connectivity index (χ0) is 23.0. The number of nitrogens with one attached hydrogen (secondary N) is 2. The van der Waals surface area contributed by atoms with Gasteiger partial charge in [0, 0.05) is 23.2 Å². The summed E-state index contributed by atoms with van der Waals surface area (Å²) in [6.07, 6.45) is 0.576. The first-order chi connectivity index (χ1) is 16.2. The maximum atomic E-state index is 13.3. The van der Waals surface area contributed by atoms with Gasteiger partial charge in [-0.25, -0.2) is 0 Å². The second kappa shape index (κ2) is 10.6. The fraction of sp³-hybridized carbons (Fsp3) is 0.148. The molecule has 3 aromatic carbocycles. The lowest BCUT2D eigenvalue weighted by atomic mass is 9.98. The molecule has 0 spiro atoms. The molecule has 0 fully saturated rings. The van der Waals surface area contributed by atoms with Gasteiger partial charge in [0.25, 0.3) is 5.91 Å². The van der Waals surface area contributed by atoms with Gasteiger partial charge in [0.05, 0.1) is 12.5 Å². The van der Waals surface area contributed by atoms with Crippen molar-refractivity contribution in [3.63, 3.8) is 0 Å². The summed E-state index contributed by atoms with van der Waals surface area (Å²) >= 11 is 1.62. The summed E-state index contributed by atoms with van der Waals surface area (Å²) in [7, 11) is 0. The first kappa shape index (κ1) is 22.3. The molecule has 2 N–H and O–H groups in total. The minimum absolute atomic E-state index is 0.213. The van der Waals surface area contributed by atoms with Gasteiger partial charge in [-0.15, -0.1) is 11.3 Å². The molecular weight excluding hydrogens is 430 g/mol. The maximum absolute atomic E-state index is 13.3. The molecule has 2 amide bonds. The van der Waals surface area contributed by atoms with Crippen LogP contribution in [0.3, 0.4) is 0 Å². The highest BCUT2D eigenvalue weighted by molar-refractivity contribution is 7.17. The highest BCUT2D eigenvalue weighted by Gasteiger charge is 2.24. The molecule has 6 heteroatoms. The van der Waals surface area contributed by atoms with Crippen molar-refractivity contribution in [2.24, 2.45) is 0 Å². The zero-order valence-corrected chi connectivity index (χ0v) is 18.8. The predicted molar refractivity (Wildman–Crippen MR) is 132 cm³/mol. The van der Waals surface area contributed by atoms with Gasteiger partial charge in [0.15, 0.2) is 0 Å². The van der Waals surface area contributed by atoms with E-state index < -0.39 is 6.04 Å². The number of amides is 2. The molecule has 164 valence electrons. The molecule has 4 aromatic rings. The monoisotopic (exact) mass is 453 g/mol. The highest BCUT2D eigenvalue weighted by Crippen LogP contribution is 2.27. The second-order valence-corrected chi connectivity index (χ2v) is 8.51. The number of fused-ring (bicyclic) bond motifs is 1.